The molecule has 1 heterocycles. The molecular weight excluding hydrogens is 242 g/mol. The highest BCUT2D eigenvalue weighted by Gasteiger charge is 2.25. The second-order valence-corrected chi connectivity index (χ2v) is 4.96. The van der Waals surface area contributed by atoms with E-state index < -0.39 is 0 Å². The Kier molecular flexibility index (Phi) is 4.04. The number of likely N-dealkylation sites (tertiary alicyclic amines) is 1. The van der Waals surface area contributed by atoms with Crippen LogP contribution in [0, 0.1) is 12.8 Å². The van der Waals surface area contributed by atoms with Crippen molar-refractivity contribution in [3.8, 4) is 0 Å². The van der Waals surface area contributed by atoms with Crippen molar-refractivity contribution in [2.24, 2.45) is 11.7 Å². The third-order valence-electron chi connectivity index (χ3n) is 3.45. The summed E-state index contributed by atoms with van der Waals surface area (Å²) in [6.45, 7) is 3.13. The van der Waals surface area contributed by atoms with Crippen LogP contribution in [0.25, 0.3) is 0 Å². The van der Waals surface area contributed by atoms with Crippen molar-refractivity contribution in [3.63, 3.8) is 0 Å². The summed E-state index contributed by atoms with van der Waals surface area (Å²) in [5, 5.41) is 2.87. The Morgan fingerprint density at radius 2 is 2.00 bits per heavy atom. The highest BCUT2D eigenvalue weighted by Crippen LogP contribution is 2.18. The zero-order valence-electron chi connectivity index (χ0n) is 11.1. The van der Waals surface area contributed by atoms with E-state index in [-0.39, 0.29) is 17.9 Å². The lowest BCUT2D eigenvalue weighted by Crippen LogP contribution is -2.43. The number of carbonyl (C=O) groups excluding carboxylic acids is 2. The minimum Gasteiger partial charge on any atom is -0.369 e. The fourth-order valence-electron chi connectivity index (χ4n) is 2.29. The Morgan fingerprint density at radius 1 is 1.32 bits per heavy atom. The van der Waals surface area contributed by atoms with Crippen LogP contribution in [0.3, 0.4) is 0 Å². The van der Waals surface area contributed by atoms with Crippen LogP contribution in [0.15, 0.2) is 24.3 Å². The smallest absolute Gasteiger partial charge is 0.321 e. The molecule has 0 radical (unpaired) electrons. The van der Waals surface area contributed by atoms with Crippen molar-refractivity contribution in [1.29, 1.82) is 0 Å². The van der Waals surface area contributed by atoms with Gasteiger partial charge in [0.25, 0.3) is 0 Å². The monoisotopic (exact) mass is 261 g/mol. The van der Waals surface area contributed by atoms with E-state index in [1.54, 1.807) is 4.90 Å². The normalized spacial score (nSPS) is 16.2. The molecule has 1 aliphatic rings. The number of primary amides is 1. The molecule has 1 aromatic rings. The Balaban J connectivity index is 1.90. The average Bonchev–Trinajstić information content (AvgIpc) is 2.39. The zero-order valence-corrected chi connectivity index (χ0v) is 11.1. The second-order valence-electron chi connectivity index (χ2n) is 4.96. The summed E-state index contributed by atoms with van der Waals surface area (Å²) < 4.78 is 0. The summed E-state index contributed by atoms with van der Waals surface area (Å²) in [7, 11) is 0. The molecule has 3 amide bonds. The van der Waals surface area contributed by atoms with Gasteiger partial charge in [-0.05, 0) is 37.5 Å². The summed E-state index contributed by atoms with van der Waals surface area (Å²) in [5.74, 6) is -0.359. The second kappa shape index (κ2) is 5.73. The number of rotatable bonds is 2. The maximum Gasteiger partial charge on any atom is 0.321 e. The molecule has 0 aliphatic carbocycles. The van der Waals surface area contributed by atoms with Gasteiger partial charge in [-0.2, -0.15) is 0 Å². The number of aryl methyl sites for hydroxylation is 1. The van der Waals surface area contributed by atoms with Gasteiger partial charge in [0.1, 0.15) is 0 Å². The topological polar surface area (TPSA) is 75.4 Å². The minimum absolute atomic E-state index is 0.0944. The molecule has 19 heavy (non-hydrogen) atoms. The number of nitrogens with zero attached hydrogens (tertiary/aromatic N) is 1. The third kappa shape index (κ3) is 3.47. The number of amides is 3. The molecule has 0 unspecified atom stereocenters. The lowest BCUT2D eigenvalue weighted by Gasteiger charge is -2.30. The Morgan fingerprint density at radius 3 is 2.58 bits per heavy atom. The van der Waals surface area contributed by atoms with Gasteiger partial charge in [0, 0.05) is 24.7 Å². The molecule has 0 saturated carbocycles. The maximum absolute atomic E-state index is 12.1. The molecule has 0 bridgehead atoms. The molecule has 5 nitrogen and oxygen atoms in total. The van der Waals surface area contributed by atoms with Crippen molar-refractivity contribution in [2.75, 3.05) is 18.4 Å². The maximum atomic E-state index is 12.1. The number of anilines is 1. The molecule has 2 rings (SSSR count). The molecule has 1 saturated heterocycles. The van der Waals surface area contributed by atoms with E-state index in [9.17, 15) is 9.59 Å². The van der Waals surface area contributed by atoms with Gasteiger partial charge in [0.15, 0.2) is 0 Å². The number of nitrogens with two attached hydrogens (primary N) is 1. The van der Waals surface area contributed by atoms with Crippen LogP contribution >= 0.6 is 0 Å². The SMILES string of the molecule is Cc1cccc(NC(=O)N2CCC(C(N)=O)CC2)c1. The van der Waals surface area contributed by atoms with Gasteiger partial charge in [-0.25, -0.2) is 4.79 Å². The summed E-state index contributed by atoms with van der Waals surface area (Å²) in [5.41, 5.74) is 7.17. The van der Waals surface area contributed by atoms with Crippen LogP contribution in [-0.2, 0) is 4.79 Å². The number of piperidine rings is 1. The number of nitrogens with one attached hydrogen (secondary N) is 1. The van der Waals surface area contributed by atoms with E-state index in [1.807, 2.05) is 31.2 Å². The van der Waals surface area contributed by atoms with Crippen LogP contribution in [0.1, 0.15) is 18.4 Å². The van der Waals surface area contributed by atoms with Crippen LogP contribution < -0.4 is 11.1 Å². The van der Waals surface area contributed by atoms with Crippen LogP contribution in [0.2, 0.25) is 0 Å². The summed E-state index contributed by atoms with van der Waals surface area (Å²) in [6, 6.07) is 7.56. The van der Waals surface area contributed by atoms with E-state index >= 15 is 0 Å². The fraction of sp³-hybridized carbons (Fsp3) is 0.429. The number of benzene rings is 1. The van der Waals surface area contributed by atoms with Crippen molar-refractivity contribution < 1.29 is 9.59 Å². The van der Waals surface area contributed by atoms with Gasteiger partial charge in [-0.3, -0.25) is 4.79 Å². The number of hydrogen-bond donors (Lipinski definition) is 2. The molecule has 3 N–H and O–H groups in total. The molecule has 5 heteroatoms. The van der Waals surface area contributed by atoms with E-state index in [0.29, 0.717) is 25.9 Å². The largest absolute Gasteiger partial charge is 0.369 e. The molecule has 0 atom stereocenters. The lowest BCUT2D eigenvalue weighted by atomic mass is 9.96. The molecular formula is C14H19N3O2. The highest BCUT2D eigenvalue weighted by atomic mass is 16.2. The predicted molar refractivity (Wildman–Crippen MR) is 73.7 cm³/mol. The third-order valence-corrected chi connectivity index (χ3v) is 3.45. The lowest BCUT2D eigenvalue weighted by molar-refractivity contribution is -0.122. The van der Waals surface area contributed by atoms with Crippen molar-refractivity contribution in [2.45, 2.75) is 19.8 Å². The Hall–Kier alpha value is -2.04. The van der Waals surface area contributed by atoms with Gasteiger partial charge >= 0.3 is 6.03 Å². The summed E-state index contributed by atoms with van der Waals surface area (Å²) in [6.07, 6.45) is 1.30. The zero-order chi connectivity index (χ0) is 13.8. The minimum atomic E-state index is -0.265. The highest BCUT2D eigenvalue weighted by molar-refractivity contribution is 5.89. The Labute approximate surface area is 112 Å². The first-order valence-electron chi connectivity index (χ1n) is 6.48. The van der Waals surface area contributed by atoms with Crippen molar-refractivity contribution in [3.05, 3.63) is 29.8 Å². The first kappa shape index (κ1) is 13.4. The van der Waals surface area contributed by atoms with Crippen LogP contribution in [0.5, 0.6) is 0 Å². The predicted octanol–water partition coefficient (Wildman–Crippen LogP) is 1.72. The quantitative estimate of drug-likeness (QED) is 0.850. The van der Waals surface area contributed by atoms with Crippen LogP contribution in [0.4, 0.5) is 10.5 Å². The summed E-state index contributed by atoms with van der Waals surface area (Å²) in [4.78, 5) is 24.8. The van der Waals surface area contributed by atoms with Crippen LogP contribution in [-0.4, -0.2) is 29.9 Å². The van der Waals surface area contributed by atoms with Gasteiger partial charge in [-0.15, -0.1) is 0 Å². The molecule has 0 spiro atoms. The first-order valence-corrected chi connectivity index (χ1v) is 6.48. The molecule has 102 valence electrons. The van der Waals surface area contributed by atoms with Crippen molar-refractivity contribution in [1.82, 2.24) is 4.90 Å². The molecule has 1 aromatic carbocycles. The standard InChI is InChI=1S/C14H19N3O2/c1-10-3-2-4-12(9-10)16-14(19)17-7-5-11(6-8-17)13(15)18/h2-4,9,11H,5-8H2,1H3,(H2,15,18)(H,16,19). The van der Waals surface area contributed by atoms with E-state index in [4.69, 9.17) is 5.73 Å². The van der Waals surface area contributed by atoms with Gasteiger partial charge < -0.3 is 16.0 Å². The number of carbonyl (C=O) groups is 2. The van der Waals surface area contributed by atoms with E-state index in [0.717, 1.165) is 11.3 Å². The average molecular weight is 261 g/mol. The fourth-order valence-corrected chi connectivity index (χ4v) is 2.29. The first-order chi connectivity index (χ1) is 9.06. The van der Waals surface area contributed by atoms with Gasteiger partial charge in [0.05, 0.1) is 0 Å². The molecule has 0 aromatic heterocycles. The van der Waals surface area contributed by atoms with Gasteiger partial charge in [0.2, 0.25) is 5.91 Å². The Bertz CT molecular complexity index is 479. The number of urea groups is 1. The number of hydrogen-bond acceptors (Lipinski definition) is 2. The van der Waals surface area contributed by atoms with E-state index in [2.05, 4.69) is 5.32 Å². The van der Waals surface area contributed by atoms with E-state index in [1.165, 1.54) is 0 Å². The van der Waals surface area contributed by atoms with Gasteiger partial charge in [-0.1, -0.05) is 12.1 Å². The molecule has 1 aliphatic heterocycles. The van der Waals surface area contributed by atoms with Crippen molar-refractivity contribution >= 4 is 17.6 Å². The molecule has 1 fully saturated rings. The summed E-state index contributed by atoms with van der Waals surface area (Å²) >= 11 is 0.